The smallest absolute Gasteiger partial charge is 0.252 e. The maximum Gasteiger partial charge on any atom is 0.252 e. The number of aryl methyl sites for hydroxylation is 6. The van der Waals surface area contributed by atoms with E-state index in [1.807, 2.05) is 0 Å². The molecule has 15 aromatic rings. The van der Waals surface area contributed by atoms with E-state index in [-0.39, 0.29) is 6.71 Å². The molecule has 2 aliphatic rings. The van der Waals surface area contributed by atoms with Crippen molar-refractivity contribution in [2.45, 2.75) is 41.5 Å². The largest absolute Gasteiger partial charge is 0.455 e. The third-order valence-electron chi connectivity index (χ3n) is 18.4. The van der Waals surface area contributed by atoms with Gasteiger partial charge in [-0.2, -0.15) is 0 Å². The van der Waals surface area contributed by atoms with Crippen LogP contribution in [0.25, 0.3) is 65.4 Å². The Bertz CT molecular complexity index is 4870. The lowest BCUT2D eigenvalue weighted by atomic mass is 9.33. The van der Waals surface area contributed by atoms with E-state index < -0.39 is 0 Å². The van der Waals surface area contributed by atoms with Crippen molar-refractivity contribution in [3.63, 3.8) is 0 Å². The minimum absolute atomic E-state index is 0.191. The number of nitrogens with zero attached hydrogens (tertiary/aromatic N) is 4. The van der Waals surface area contributed by atoms with Gasteiger partial charge >= 0.3 is 0 Å². The highest BCUT2D eigenvalue weighted by atomic mass is 16.3. The van der Waals surface area contributed by atoms with Gasteiger partial charge in [-0.25, -0.2) is 0 Å². The van der Waals surface area contributed by atoms with Gasteiger partial charge in [-0.3, -0.25) is 0 Å². The molecule has 7 heteroatoms. The summed E-state index contributed by atoms with van der Waals surface area (Å²) in [7, 11) is 0. The van der Waals surface area contributed by atoms with Gasteiger partial charge in [0.1, 0.15) is 22.3 Å². The summed E-state index contributed by atoms with van der Waals surface area (Å²) < 4.78 is 14.6. The maximum absolute atomic E-state index is 7.32. The SMILES string of the molecule is Cc1cc(C)c(N2c3cc4c(cc3B3c5cc6oc7c8ccc(N(c9ccccc9)c9ccccc9)cc8ccc7c6cc5N(c5c(C)cc(C)cc5C)c5cccc2c53)oc2c3ccc(N(c5ccccc5)c5ccccc5)cc3ccc42)c(C)c1. The van der Waals surface area contributed by atoms with E-state index in [9.17, 15) is 0 Å². The molecule has 0 unspecified atom stereocenters. The number of fused-ring (bicyclic) bond motifs is 14. The summed E-state index contributed by atoms with van der Waals surface area (Å²) in [4.78, 5) is 9.77. The van der Waals surface area contributed by atoms with Crippen molar-refractivity contribution in [3.8, 4) is 0 Å². The maximum atomic E-state index is 7.32. The van der Waals surface area contributed by atoms with Crippen LogP contribution in [0.15, 0.2) is 258 Å². The molecule has 0 atom stereocenters. The average Bonchev–Trinajstić information content (AvgIpc) is 1.86. The number of furan rings is 2. The van der Waals surface area contributed by atoms with Crippen molar-refractivity contribution in [2.24, 2.45) is 0 Å². The Morgan fingerprint density at radius 3 is 1.02 bits per heavy atom. The van der Waals surface area contributed by atoms with Crippen LogP contribution in [0.1, 0.15) is 33.4 Å². The molecule has 0 bridgehead atoms. The molecule has 0 aliphatic carbocycles. The van der Waals surface area contributed by atoms with Gasteiger partial charge in [0.25, 0.3) is 6.71 Å². The Kier molecular flexibility index (Phi) is 11.3. The number of rotatable bonds is 8. The van der Waals surface area contributed by atoms with E-state index in [1.165, 1.54) is 61.1 Å². The molecule has 0 saturated carbocycles. The fraction of sp³-hybridized carbons (Fsp3) is 0.0750. The van der Waals surface area contributed by atoms with E-state index in [4.69, 9.17) is 8.83 Å². The molecule has 6 nitrogen and oxygen atoms in total. The summed E-state index contributed by atoms with van der Waals surface area (Å²) in [6.45, 7) is 13.3. The summed E-state index contributed by atoms with van der Waals surface area (Å²) in [5.74, 6) is 0. The molecule has 414 valence electrons. The van der Waals surface area contributed by atoms with E-state index in [1.54, 1.807) is 0 Å². The molecular formula is C80H59BN4O2. The Balaban J connectivity index is 0.899. The van der Waals surface area contributed by atoms with E-state index in [2.05, 4.69) is 310 Å². The van der Waals surface area contributed by atoms with Crippen molar-refractivity contribution in [2.75, 3.05) is 19.6 Å². The first-order chi connectivity index (χ1) is 42.6. The van der Waals surface area contributed by atoms with Gasteiger partial charge in [0.2, 0.25) is 0 Å². The lowest BCUT2D eigenvalue weighted by Gasteiger charge is -2.45. The summed E-state index contributed by atoms with van der Waals surface area (Å²) in [5.41, 5.74) is 28.0. The second-order valence-electron chi connectivity index (χ2n) is 24.0. The van der Waals surface area contributed by atoms with Crippen LogP contribution in [-0.4, -0.2) is 6.71 Å². The van der Waals surface area contributed by atoms with E-state index >= 15 is 0 Å². The van der Waals surface area contributed by atoms with Crippen LogP contribution in [0.4, 0.5) is 68.2 Å². The molecular weight excluding hydrogens is 1060 g/mol. The number of anilines is 12. The van der Waals surface area contributed by atoms with Gasteiger partial charge in [0.15, 0.2) is 0 Å². The Hall–Kier alpha value is -10.8. The van der Waals surface area contributed by atoms with Crippen molar-refractivity contribution in [1.82, 2.24) is 0 Å². The van der Waals surface area contributed by atoms with Crippen LogP contribution >= 0.6 is 0 Å². The Morgan fingerprint density at radius 1 is 0.299 bits per heavy atom. The van der Waals surface area contributed by atoms with Crippen molar-refractivity contribution < 1.29 is 8.83 Å². The molecule has 0 spiro atoms. The first-order valence-electron chi connectivity index (χ1n) is 30.2. The number of para-hydroxylation sites is 4. The standard InChI is InChI=1S/C80H59BN4O2/c1-48-38-50(3)77(51(4)39-48)84-70-28-19-29-71-76(70)81(68-46-74-66(44-72(68)84)64-34-30-54-42-60(32-36-62(54)79(64)86-74)82(56-20-11-7-12-21-56)57-22-13-8-14-23-57)69-47-75-67(45-73(69)85(71)78-52(5)40-49(2)41-53(78)6)65-35-31-55-43-61(33-37-63(55)80(65)87-75)83(58-24-15-9-16-25-58)59-26-17-10-18-27-59/h7-47H,1-6H3. The zero-order chi connectivity index (χ0) is 58.3. The lowest BCUT2D eigenvalue weighted by Crippen LogP contribution is -2.61. The minimum Gasteiger partial charge on any atom is -0.455 e. The molecule has 0 N–H and O–H groups in total. The van der Waals surface area contributed by atoms with Crippen molar-refractivity contribution in [3.05, 3.63) is 282 Å². The zero-order valence-corrected chi connectivity index (χ0v) is 49.4. The molecule has 4 heterocycles. The van der Waals surface area contributed by atoms with Gasteiger partial charge < -0.3 is 28.4 Å². The number of benzene rings is 13. The third kappa shape index (κ3) is 7.82. The summed E-state index contributed by atoms with van der Waals surface area (Å²) >= 11 is 0. The van der Waals surface area contributed by atoms with Crippen LogP contribution < -0.4 is 36.0 Å². The highest BCUT2D eigenvalue weighted by Crippen LogP contribution is 2.51. The molecule has 0 fully saturated rings. The van der Waals surface area contributed by atoms with Gasteiger partial charge in [0, 0.05) is 89.2 Å². The fourth-order valence-corrected chi connectivity index (χ4v) is 15.0. The van der Waals surface area contributed by atoms with Gasteiger partial charge in [-0.1, -0.05) is 126 Å². The quantitative estimate of drug-likeness (QED) is 0.141. The highest BCUT2D eigenvalue weighted by molar-refractivity contribution is 7.00. The van der Waals surface area contributed by atoms with E-state index in [0.29, 0.717) is 0 Å². The van der Waals surface area contributed by atoms with Crippen LogP contribution in [0.2, 0.25) is 0 Å². The van der Waals surface area contributed by atoms with Crippen LogP contribution in [-0.2, 0) is 0 Å². The normalized spacial score (nSPS) is 12.6. The summed E-state index contributed by atoms with van der Waals surface area (Å²) in [6, 6.07) is 90.9. The number of hydrogen-bond acceptors (Lipinski definition) is 6. The summed E-state index contributed by atoms with van der Waals surface area (Å²) in [5, 5.41) is 8.70. The molecule has 0 amide bonds. The van der Waals surface area contributed by atoms with Crippen molar-refractivity contribution >= 4 is 157 Å². The molecule has 2 aliphatic heterocycles. The topological polar surface area (TPSA) is 39.2 Å². The highest BCUT2D eigenvalue weighted by Gasteiger charge is 2.45. The molecule has 13 aromatic carbocycles. The lowest BCUT2D eigenvalue weighted by molar-refractivity contribution is 0.673. The Labute approximate surface area is 506 Å². The summed E-state index contributed by atoms with van der Waals surface area (Å²) in [6.07, 6.45) is 0. The second-order valence-corrected chi connectivity index (χ2v) is 24.0. The Morgan fingerprint density at radius 2 is 0.655 bits per heavy atom. The third-order valence-corrected chi connectivity index (χ3v) is 18.4. The fourth-order valence-electron chi connectivity index (χ4n) is 15.0. The number of hydrogen-bond donors (Lipinski definition) is 0. The molecule has 0 saturated heterocycles. The molecule has 87 heavy (non-hydrogen) atoms. The van der Waals surface area contributed by atoms with Crippen LogP contribution in [0.5, 0.6) is 0 Å². The van der Waals surface area contributed by atoms with Crippen LogP contribution in [0.3, 0.4) is 0 Å². The monoisotopic (exact) mass is 1120 g/mol. The molecule has 2 aromatic heterocycles. The predicted octanol–water partition coefficient (Wildman–Crippen LogP) is 20.7. The first-order valence-corrected chi connectivity index (χ1v) is 30.2. The van der Waals surface area contributed by atoms with Gasteiger partial charge in [-0.15, -0.1) is 0 Å². The van der Waals surface area contributed by atoms with Gasteiger partial charge in [0.05, 0.1) is 11.4 Å². The molecule has 17 rings (SSSR count). The average molecular weight is 1120 g/mol. The zero-order valence-electron chi connectivity index (χ0n) is 49.4. The molecule has 0 radical (unpaired) electrons. The second kappa shape index (κ2) is 19.4. The van der Waals surface area contributed by atoms with E-state index in [0.717, 1.165) is 122 Å². The first kappa shape index (κ1) is 50.7. The van der Waals surface area contributed by atoms with Crippen molar-refractivity contribution in [1.29, 1.82) is 0 Å². The van der Waals surface area contributed by atoms with Gasteiger partial charge in [-0.05, 0) is 224 Å². The predicted molar refractivity (Wildman–Crippen MR) is 368 cm³/mol. The minimum atomic E-state index is -0.191. The van der Waals surface area contributed by atoms with Crippen LogP contribution in [0, 0.1) is 41.5 Å².